The summed E-state index contributed by atoms with van der Waals surface area (Å²) >= 11 is 0. The van der Waals surface area contributed by atoms with Crippen molar-refractivity contribution in [3.05, 3.63) is 76.2 Å². The van der Waals surface area contributed by atoms with Crippen LogP contribution in [-0.4, -0.2) is 27.4 Å². The van der Waals surface area contributed by atoms with Crippen molar-refractivity contribution in [1.82, 2.24) is 9.78 Å². The zero-order valence-electron chi connectivity index (χ0n) is 15.0. The van der Waals surface area contributed by atoms with E-state index in [0.29, 0.717) is 23.7 Å². The normalized spacial score (nSPS) is 10.4. The maximum absolute atomic E-state index is 12.5. The molecule has 0 bridgehead atoms. The minimum absolute atomic E-state index is 0.245. The number of carbonyl (C=O) groups is 1. The average Bonchev–Trinajstić information content (AvgIpc) is 2.63. The van der Waals surface area contributed by atoms with Gasteiger partial charge in [0, 0.05) is 11.8 Å². The third-order valence-corrected chi connectivity index (χ3v) is 3.80. The van der Waals surface area contributed by atoms with Crippen molar-refractivity contribution in [3.8, 4) is 17.2 Å². The van der Waals surface area contributed by atoms with Crippen LogP contribution in [0.1, 0.15) is 23.0 Å². The van der Waals surface area contributed by atoms with E-state index in [-0.39, 0.29) is 5.69 Å². The van der Waals surface area contributed by atoms with Crippen LogP contribution >= 0.6 is 0 Å². The molecule has 3 rings (SSSR count). The molecular formula is C20H19N3O4. The Morgan fingerprint density at radius 3 is 2.59 bits per heavy atom. The van der Waals surface area contributed by atoms with Gasteiger partial charge in [-0.1, -0.05) is 12.1 Å². The van der Waals surface area contributed by atoms with Crippen molar-refractivity contribution < 1.29 is 14.6 Å². The number of hydrogen-bond acceptors (Lipinski definition) is 5. The van der Waals surface area contributed by atoms with Crippen LogP contribution < -0.4 is 15.6 Å². The molecule has 3 aromatic rings. The highest BCUT2D eigenvalue weighted by Crippen LogP contribution is 2.18. The third-order valence-electron chi connectivity index (χ3n) is 3.80. The highest BCUT2D eigenvalue weighted by Gasteiger charge is 2.17. The molecular weight excluding hydrogens is 346 g/mol. The summed E-state index contributed by atoms with van der Waals surface area (Å²) in [4.78, 5) is 24.7. The van der Waals surface area contributed by atoms with Crippen LogP contribution in [0.25, 0.3) is 5.69 Å². The molecule has 1 aromatic heterocycles. The smallest absolute Gasteiger partial charge is 0.279 e. The summed E-state index contributed by atoms with van der Waals surface area (Å²) in [7, 11) is 0. The van der Waals surface area contributed by atoms with Crippen molar-refractivity contribution in [3.63, 3.8) is 0 Å². The van der Waals surface area contributed by atoms with E-state index in [1.54, 1.807) is 42.5 Å². The molecule has 0 atom stereocenters. The number of rotatable bonds is 5. The van der Waals surface area contributed by atoms with Crippen molar-refractivity contribution in [2.24, 2.45) is 0 Å². The third kappa shape index (κ3) is 4.14. The van der Waals surface area contributed by atoms with Gasteiger partial charge in [-0.15, -0.1) is 0 Å². The van der Waals surface area contributed by atoms with Gasteiger partial charge in [0.05, 0.1) is 12.3 Å². The van der Waals surface area contributed by atoms with E-state index in [9.17, 15) is 14.7 Å². The highest BCUT2D eigenvalue weighted by atomic mass is 16.5. The van der Waals surface area contributed by atoms with Gasteiger partial charge in [-0.25, -0.2) is 0 Å². The molecule has 138 valence electrons. The molecule has 0 fully saturated rings. The Bertz CT molecular complexity index is 1030. The minimum Gasteiger partial charge on any atom is -0.505 e. The molecule has 1 amide bonds. The van der Waals surface area contributed by atoms with Crippen molar-refractivity contribution in [2.75, 3.05) is 11.9 Å². The second kappa shape index (κ2) is 7.74. The number of nitrogens with zero attached hydrogens (tertiary/aromatic N) is 2. The fraction of sp³-hybridized carbons (Fsp3) is 0.150. The number of amides is 1. The predicted octanol–water partition coefficient (Wildman–Crippen LogP) is 2.90. The number of benzene rings is 2. The number of anilines is 1. The molecule has 27 heavy (non-hydrogen) atoms. The number of aryl methyl sites for hydroxylation is 1. The topological polar surface area (TPSA) is 93.5 Å². The van der Waals surface area contributed by atoms with Gasteiger partial charge in [0.2, 0.25) is 0 Å². The van der Waals surface area contributed by atoms with Crippen molar-refractivity contribution in [1.29, 1.82) is 0 Å². The van der Waals surface area contributed by atoms with Gasteiger partial charge < -0.3 is 15.2 Å². The van der Waals surface area contributed by atoms with E-state index in [0.717, 1.165) is 16.3 Å². The zero-order valence-corrected chi connectivity index (χ0v) is 15.0. The van der Waals surface area contributed by atoms with Crippen molar-refractivity contribution in [2.45, 2.75) is 13.8 Å². The fourth-order valence-corrected chi connectivity index (χ4v) is 2.54. The first-order valence-electron chi connectivity index (χ1n) is 8.42. The van der Waals surface area contributed by atoms with Crippen LogP contribution in [0.2, 0.25) is 0 Å². The number of nitrogens with one attached hydrogen (secondary N) is 1. The van der Waals surface area contributed by atoms with E-state index in [1.165, 1.54) is 0 Å². The SMILES string of the molecule is CCOc1ccc(NC(=O)c2nn(-c3cccc(C)c3)c(=O)cc2O)cc1. The largest absolute Gasteiger partial charge is 0.505 e. The molecule has 0 spiro atoms. The Labute approximate surface area is 155 Å². The van der Waals surface area contributed by atoms with E-state index < -0.39 is 17.2 Å². The standard InChI is InChI=1S/C20H19N3O4/c1-3-27-16-9-7-14(8-10-16)21-20(26)19-17(24)12-18(25)23(22-19)15-6-4-5-13(2)11-15/h4-12,24H,3H2,1-2H3,(H,21,26). The lowest BCUT2D eigenvalue weighted by Crippen LogP contribution is -2.25. The van der Waals surface area contributed by atoms with Crippen LogP contribution in [0.4, 0.5) is 5.69 Å². The van der Waals surface area contributed by atoms with Crippen LogP contribution in [-0.2, 0) is 0 Å². The second-order valence-corrected chi connectivity index (χ2v) is 5.88. The molecule has 0 unspecified atom stereocenters. The van der Waals surface area contributed by atoms with Gasteiger partial charge in [-0.3, -0.25) is 9.59 Å². The number of hydrogen-bond donors (Lipinski definition) is 2. The van der Waals surface area contributed by atoms with Crippen molar-refractivity contribution >= 4 is 11.6 Å². The Balaban J connectivity index is 1.90. The van der Waals surface area contributed by atoms with Crippen LogP contribution in [0.5, 0.6) is 11.5 Å². The lowest BCUT2D eigenvalue weighted by Gasteiger charge is -2.10. The maximum atomic E-state index is 12.5. The van der Waals surface area contributed by atoms with E-state index in [1.807, 2.05) is 19.9 Å². The van der Waals surface area contributed by atoms with Crippen LogP contribution in [0, 0.1) is 6.92 Å². The Morgan fingerprint density at radius 1 is 1.19 bits per heavy atom. The van der Waals surface area contributed by atoms with E-state index in [2.05, 4.69) is 10.4 Å². The summed E-state index contributed by atoms with van der Waals surface area (Å²) in [5.41, 5.74) is 1.18. The Morgan fingerprint density at radius 2 is 1.93 bits per heavy atom. The molecule has 1 heterocycles. The fourth-order valence-electron chi connectivity index (χ4n) is 2.54. The summed E-state index contributed by atoms with van der Waals surface area (Å²) < 4.78 is 6.44. The lowest BCUT2D eigenvalue weighted by atomic mass is 10.2. The molecule has 0 saturated carbocycles. The van der Waals surface area contributed by atoms with Gasteiger partial charge in [-0.2, -0.15) is 9.78 Å². The molecule has 0 saturated heterocycles. The molecule has 2 aromatic carbocycles. The highest BCUT2D eigenvalue weighted by molar-refractivity contribution is 6.04. The molecule has 0 radical (unpaired) electrons. The Kier molecular flexibility index (Phi) is 5.21. The Hall–Kier alpha value is -3.61. The number of carbonyl (C=O) groups excluding carboxylic acids is 1. The van der Waals surface area contributed by atoms with Gasteiger partial charge in [0.1, 0.15) is 5.75 Å². The molecule has 0 aliphatic heterocycles. The summed E-state index contributed by atoms with van der Waals surface area (Å²) in [6, 6.07) is 14.9. The second-order valence-electron chi connectivity index (χ2n) is 5.88. The average molecular weight is 365 g/mol. The molecule has 7 heteroatoms. The molecule has 2 N–H and O–H groups in total. The summed E-state index contributed by atoms with van der Waals surface area (Å²) in [5, 5.41) is 16.7. The maximum Gasteiger partial charge on any atom is 0.279 e. The monoisotopic (exact) mass is 365 g/mol. The van der Waals surface area contributed by atoms with Gasteiger partial charge in [-0.05, 0) is 55.8 Å². The quantitative estimate of drug-likeness (QED) is 0.725. The van der Waals surface area contributed by atoms with Crippen LogP contribution in [0.3, 0.4) is 0 Å². The van der Waals surface area contributed by atoms with Crippen LogP contribution in [0.15, 0.2) is 59.4 Å². The summed E-state index contributed by atoms with van der Waals surface area (Å²) in [6.45, 7) is 4.31. The van der Waals surface area contributed by atoms with E-state index in [4.69, 9.17) is 4.74 Å². The molecule has 7 nitrogen and oxygen atoms in total. The zero-order chi connectivity index (χ0) is 19.4. The number of aromatic hydroxyl groups is 1. The lowest BCUT2D eigenvalue weighted by molar-refractivity contribution is 0.101. The van der Waals surface area contributed by atoms with Gasteiger partial charge in [0.15, 0.2) is 11.4 Å². The minimum atomic E-state index is -0.627. The molecule has 0 aliphatic carbocycles. The summed E-state index contributed by atoms with van der Waals surface area (Å²) in [6.07, 6.45) is 0. The summed E-state index contributed by atoms with van der Waals surface area (Å²) in [5.74, 6) is -0.421. The van der Waals surface area contributed by atoms with Gasteiger partial charge >= 0.3 is 0 Å². The first-order chi connectivity index (χ1) is 13.0. The first-order valence-corrected chi connectivity index (χ1v) is 8.42. The first kappa shape index (κ1) is 18.2. The predicted molar refractivity (Wildman–Crippen MR) is 102 cm³/mol. The van der Waals surface area contributed by atoms with E-state index >= 15 is 0 Å². The molecule has 0 aliphatic rings. The number of aromatic nitrogens is 2. The van der Waals surface area contributed by atoms with Gasteiger partial charge in [0.25, 0.3) is 11.5 Å². The number of ether oxygens (including phenoxy) is 1.